The summed E-state index contributed by atoms with van der Waals surface area (Å²) in [4.78, 5) is 8.99. The molecule has 2 aliphatic rings. The Bertz CT molecular complexity index is 445. The molecule has 2 fully saturated rings. The van der Waals surface area contributed by atoms with Crippen molar-refractivity contribution in [2.24, 2.45) is 0 Å². The number of ether oxygens (including phenoxy) is 1. The van der Waals surface area contributed by atoms with Gasteiger partial charge in [-0.3, -0.25) is 9.88 Å². The van der Waals surface area contributed by atoms with E-state index in [0.717, 1.165) is 57.1 Å². The average Bonchev–Trinajstić information content (AvgIpc) is 2.44. The number of nitrogens with two attached hydrogens (primary N) is 1. The minimum Gasteiger partial charge on any atom is -0.396 e. The van der Waals surface area contributed by atoms with Crippen LogP contribution >= 0.6 is 0 Å². The highest BCUT2D eigenvalue weighted by atomic mass is 16.5. The molecule has 19 heavy (non-hydrogen) atoms. The minimum absolute atomic E-state index is 0.242. The first-order valence-electron chi connectivity index (χ1n) is 6.95. The molecule has 0 aliphatic carbocycles. The van der Waals surface area contributed by atoms with E-state index < -0.39 is 0 Å². The van der Waals surface area contributed by atoms with Crippen molar-refractivity contribution >= 4 is 11.4 Å². The zero-order chi connectivity index (χ0) is 13.3. The zero-order valence-electron chi connectivity index (χ0n) is 11.5. The highest BCUT2D eigenvalue weighted by Crippen LogP contribution is 2.34. The van der Waals surface area contributed by atoms with E-state index >= 15 is 0 Å². The van der Waals surface area contributed by atoms with Crippen molar-refractivity contribution in [3.63, 3.8) is 0 Å². The van der Waals surface area contributed by atoms with Crippen LogP contribution in [0.4, 0.5) is 11.4 Å². The predicted octanol–water partition coefficient (Wildman–Crippen LogP) is 0.965. The van der Waals surface area contributed by atoms with E-state index in [1.807, 2.05) is 12.3 Å². The molecule has 0 bridgehead atoms. The Morgan fingerprint density at radius 2 is 2.11 bits per heavy atom. The van der Waals surface area contributed by atoms with Crippen molar-refractivity contribution in [3.8, 4) is 0 Å². The summed E-state index contributed by atoms with van der Waals surface area (Å²) in [5, 5.41) is 0. The van der Waals surface area contributed by atoms with Gasteiger partial charge in [0.1, 0.15) is 0 Å². The number of nitrogens with zero attached hydrogens (tertiary/aromatic N) is 3. The number of hydrogen-bond donors (Lipinski definition) is 1. The maximum absolute atomic E-state index is 6.06. The monoisotopic (exact) mass is 262 g/mol. The van der Waals surface area contributed by atoms with E-state index in [9.17, 15) is 0 Å². The molecular weight excluding hydrogens is 240 g/mol. The van der Waals surface area contributed by atoms with E-state index in [1.165, 1.54) is 0 Å². The Morgan fingerprint density at radius 1 is 1.32 bits per heavy atom. The third kappa shape index (κ3) is 2.28. The highest BCUT2D eigenvalue weighted by molar-refractivity contribution is 5.66. The molecule has 1 aromatic heterocycles. The molecule has 3 heterocycles. The Balaban J connectivity index is 1.84. The normalized spacial score (nSPS) is 23.7. The van der Waals surface area contributed by atoms with Crippen LogP contribution in [0.15, 0.2) is 18.5 Å². The number of likely N-dealkylation sites (N-methyl/N-ethyl adjacent to an activating group) is 1. The molecule has 0 atom stereocenters. The fraction of sp³-hybridized carbons (Fsp3) is 0.643. The summed E-state index contributed by atoms with van der Waals surface area (Å²) in [6.45, 7) is 4.85. The number of aromatic nitrogens is 1. The lowest BCUT2D eigenvalue weighted by atomic mass is 9.85. The van der Waals surface area contributed by atoms with Crippen LogP contribution in [0.25, 0.3) is 0 Å². The van der Waals surface area contributed by atoms with E-state index in [0.29, 0.717) is 0 Å². The number of pyridine rings is 1. The first-order chi connectivity index (χ1) is 9.21. The van der Waals surface area contributed by atoms with Gasteiger partial charge < -0.3 is 15.4 Å². The molecule has 5 nitrogen and oxygen atoms in total. The van der Waals surface area contributed by atoms with Crippen LogP contribution in [0.2, 0.25) is 0 Å². The van der Waals surface area contributed by atoms with Gasteiger partial charge in [-0.1, -0.05) is 0 Å². The largest absolute Gasteiger partial charge is 0.396 e. The SMILES string of the molecule is CN1CCN(c2ccncc2N)CC12CCOCC2. The lowest BCUT2D eigenvalue weighted by molar-refractivity contribution is -0.0220. The molecule has 2 N–H and O–H groups in total. The molecule has 104 valence electrons. The third-order valence-corrected chi connectivity index (χ3v) is 4.59. The molecule has 3 rings (SSSR count). The summed E-state index contributed by atoms with van der Waals surface area (Å²) in [5.74, 6) is 0. The van der Waals surface area contributed by atoms with Crippen molar-refractivity contribution in [1.82, 2.24) is 9.88 Å². The maximum Gasteiger partial charge on any atom is 0.0738 e. The van der Waals surface area contributed by atoms with Crippen LogP contribution in [0.3, 0.4) is 0 Å². The van der Waals surface area contributed by atoms with Crippen molar-refractivity contribution < 1.29 is 4.74 Å². The molecule has 1 aromatic rings. The van der Waals surface area contributed by atoms with E-state index in [4.69, 9.17) is 10.5 Å². The van der Waals surface area contributed by atoms with Gasteiger partial charge in [-0.05, 0) is 26.0 Å². The van der Waals surface area contributed by atoms with Crippen molar-refractivity contribution in [2.45, 2.75) is 18.4 Å². The summed E-state index contributed by atoms with van der Waals surface area (Å²) < 4.78 is 5.53. The van der Waals surface area contributed by atoms with Gasteiger partial charge in [-0.25, -0.2) is 0 Å². The van der Waals surface area contributed by atoms with Gasteiger partial charge in [-0.15, -0.1) is 0 Å². The van der Waals surface area contributed by atoms with Gasteiger partial charge in [0.15, 0.2) is 0 Å². The first kappa shape index (κ1) is 12.7. The molecule has 2 saturated heterocycles. The number of anilines is 2. The quantitative estimate of drug-likeness (QED) is 0.817. The molecule has 2 aliphatic heterocycles. The summed E-state index contributed by atoms with van der Waals surface area (Å²) in [6, 6.07) is 2.02. The molecule has 0 saturated carbocycles. The highest BCUT2D eigenvalue weighted by Gasteiger charge is 2.41. The fourth-order valence-electron chi connectivity index (χ4n) is 3.25. The predicted molar refractivity (Wildman–Crippen MR) is 76.3 cm³/mol. The van der Waals surface area contributed by atoms with E-state index in [1.54, 1.807) is 6.20 Å². The summed E-state index contributed by atoms with van der Waals surface area (Å²) >= 11 is 0. The van der Waals surface area contributed by atoms with Crippen LogP contribution in [0.5, 0.6) is 0 Å². The second kappa shape index (κ2) is 4.98. The number of piperazine rings is 1. The number of nitrogen functional groups attached to an aromatic ring is 1. The molecular formula is C14H22N4O. The number of rotatable bonds is 1. The third-order valence-electron chi connectivity index (χ3n) is 4.59. The van der Waals surface area contributed by atoms with Gasteiger partial charge in [0.2, 0.25) is 0 Å². The van der Waals surface area contributed by atoms with Crippen LogP contribution in [-0.4, -0.2) is 55.3 Å². The van der Waals surface area contributed by atoms with Crippen LogP contribution in [0, 0.1) is 0 Å². The second-order valence-corrected chi connectivity index (χ2v) is 5.61. The molecule has 0 amide bonds. The van der Waals surface area contributed by atoms with Gasteiger partial charge >= 0.3 is 0 Å². The molecule has 1 spiro atoms. The van der Waals surface area contributed by atoms with Gasteiger partial charge in [-0.2, -0.15) is 0 Å². The topological polar surface area (TPSA) is 54.6 Å². The van der Waals surface area contributed by atoms with Gasteiger partial charge in [0.25, 0.3) is 0 Å². The molecule has 0 aromatic carbocycles. The van der Waals surface area contributed by atoms with Crippen LogP contribution in [-0.2, 0) is 4.74 Å². The number of hydrogen-bond acceptors (Lipinski definition) is 5. The Kier molecular flexibility index (Phi) is 3.33. The van der Waals surface area contributed by atoms with Crippen molar-refractivity contribution in [3.05, 3.63) is 18.5 Å². The molecule has 5 heteroatoms. The molecule has 0 radical (unpaired) electrons. The second-order valence-electron chi connectivity index (χ2n) is 5.61. The summed E-state index contributed by atoms with van der Waals surface area (Å²) in [7, 11) is 2.23. The maximum atomic E-state index is 6.06. The fourth-order valence-corrected chi connectivity index (χ4v) is 3.25. The summed E-state index contributed by atoms with van der Waals surface area (Å²) in [6.07, 6.45) is 5.76. The van der Waals surface area contributed by atoms with Gasteiger partial charge in [0.05, 0.1) is 17.6 Å². The van der Waals surface area contributed by atoms with Crippen LogP contribution in [0.1, 0.15) is 12.8 Å². The Hall–Kier alpha value is -1.33. The van der Waals surface area contributed by atoms with Gasteiger partial charge in [0, 0.05) is 44.6 Å². The standard InChI is InChI=1S/C14H22N4O/c1-17-6-7-18(13-2-5-16-10-12(13)15)11-14(17)3-8-19-9-4-14/h2,5,10H,3-4,6-9,11,15H2,1H3. The average molecular weight is 262 g/mol. The zero-order valence-corrected chi connectivity index (χ0v) is 11.5. The molecule has 0 unspecified atom stereocenters. The van der Waals surface area contributed by atoms with Crippen molar-refractivity contribution in [2.75, 3.05) is 50.5 Å². The Labute approximate surface area is 114 Å². The van der Waals surface area contributed by atoms with E-state index in [2.05, 4.69) is 21.8 Å². The minimum atomic E-state index is 0.242. The van der Waals surface area contributed by atoms with Crippen LogP contribution < -0.4 is 10.6 Å². The van der Waals surface area contributed by atoms with E-state index in [-0.39, 0.29) is 5.54 Å². The lowest BCUT2D eigenvalue weighted by Crippen LogP contribution is -2.63. The first-order valence-corrected chi connectivity index (χ1v) is 6.95. The summed E-state index contributed by atoms with van der Waals surface area (Å²) in [5.41, 5.74) is 8.20. The lowest BCUT2D eigenvalue weighted by Gasteiger charge is -2.52. The van der Waals surface area contributed by atoms with Crippen molar-refractivity contribution in [1.29, 1.82) is 0 Å². The Morgan fingerprint density at radius 3 is 2.84 bits per heavy atom. The smallest absolute Gasteiger partial charge is 0.0738 e.